The van der Waals surface area contributed by atoms with Gasteiger partial charge in [-0.25, -0.2) is 9.78 Å². The molecule has 2 heterocycles. The van der Waals surface area contributed by atoms with E-state index in [2.05, 4.69) is 18.1 Å². The smallest absolute Gasteiger partial charge is 0.350 e. The summed E-state index contributed by atoms with van der Waals surface area (Å²) in [7, 11) is 0. The van der Waals surface area contributed by atoms with Gasteiger partial charge in [-0.3, -0.25) is 14.5 Å². The maximum Gasteiger partial charge on any atom is 0.350 e. The van der Waals surface area contributed by atoms with E-state index in [0.717, 1.165) is 17.8 Å². The predicted octanol–water partition coefficient (Wildman–Crippen LogP) is 5.77. The number of aryl methyl sites for hydroxylation is 1. The number of carbonyl (C=O) groups excluding carboxylic acids is 3. The Morgan fingerprint density at radius 3 is 2.49 bits per heavy atom. The molecule has 1 aliphatic rings. The van der Waals surface area contributed by atoms with Gasteiger partial charge in [-0.1, -0.05) is 67.8 Å². The SMILES string of the molecule is C=CCOC(=O)c1sc(N2C(=O)C(=O)C(=C(O)c3cccc(OCCC)c3)C2c2ccc(OCC=C)cc2)nc1C. The van der Waals surface area contributed by atoms with Gasteiger partial charge in [-0.15, -0.1) is 0 Å². The van der Waals surface area contributed by atoms with Crippen LogP contribution in [0.25, 0.3) is 5.76 Å². The number of carbonyl (C=O) groups is 3. The number of hydrogen-bond acceptors (Lipinski definition) is 9. The molecule has 212 valence electrons. The third-order valence-electron chi connectivity index (χ3n) is 6.10. The van der Waals surface area contributed by atoms with Crippen LogP contribution >= 0.6 is 11.3 Å². The summed E-state index contributed by atoms with van der Waals surface area (Å²) in [5, 5.41) is 11.6. The molecular weight excluding hydrogens is 544 g/mol. The van der Waals surface area contributed by atoms with Gasteiger partial charge in [-0.05, 0) is 43.2 Å². The lowest BCUT2D eigenvalue weighted by Gasteiger charge is -2.23. The molecule has 0 aliphatic carbocycles. The second-order valence-corrected chi connectivity index (χ2v) is 9.99. The Balaban J connectivity index is 1.84. The Kier molecular flexibility index (Phi) is 9.36. The van der Waals surface area contributed by atoms with Gasteiger partial charge in [0.15, 0.2) is 5.13 Å². The number of aliphatic hydroxyl groups excluding tert-OH is 1. The number of nitrogens with zero attached hydrogens (tertiary/aromatic N) is 2. The zero-order chi connectivity index (χ0) is 29.5. The Morgan fingerprint density at radius 2 is 1.80 bits per heavy atom. The fourth-order valence-corrected chi connectivity index (χ4v) is 5.22. The molecule has 0 saturated carbocycles. The maximum absolute atomic E-state index is 13.5. The molecule has 9 nitrogen and oxygen atoms in total. The first-order valence-corrected chi connectivity index (χ1v) is 13.8. The van der Waals surface area contributed by atoms with Crippen LogP contribution in [0, 0.1) is 6.92 Å². The minimum absolute atomic E-state index is 0.0112. The highest BCUT2D eigenvalue weighted by Gasteiger charge is 2.48. The molecule has 0 radical (unpaired) electrons. The number of thiazole rings is 1. The molecule has 0 bridgehead atoms. The second kappa shape index (κ2) is 13.1. The first kappa shape index (κ1) is 29.3. The van der Waals surface area contributed by atoms with Crippen LogP contribution in [-0.4, -0.2) is 47.6 Å². The van der Waals surface area contributed by atoms with E-state index in [9.17, 15) is 19.5 Å². The highest BCUT2D eigenvalue weighted by molar-refractivity contribution is 7.17. The molecule has 2 aromatic carbocycles. The van der Waals surface area contributed by atoms with Gasteiger partial charge in [0.25, 0.3) is 5.78 Å². The van der Waals surface area contributed by atoms with E-state index in [1.807, 2.05) is 6.92 Å². The summed E-state index contributed by atoms with van der Waals surface area (Å²) in [6.07, 6.45) is 3.85. The summed E-state index contributed by atoms with van der Waals surface area (Å²) in [6, 6.07) is 12.5. The number of aromatic nitrogens is 1. The lowest BCUT2D eigenvalue weighted by molar-refractivity contribution is -0.132. The molecule has 1 aliphatic heterocycles. The highest BCUT2D eigenvalue weighted by atomic mass is 32.1. The molecule has 10 heteroatoms. The largest absolute Gasteiger partial charge is 0.507 e. The minimum atomic E-state index is -1.04. The summed E-state index contributed by atoms with van der Waals surface area (Å²) in [4.78, 5) is 45.5. The topological polar surface area (TPSA) is 115 Å². The predicted molar refractivity (Wildman–Crippen MR) is 156 cm³/mol. The number of aliphatic hydroxyl groups is 1. The van der Waals surface area contributed by atoms with Gasteiger partial charge in [-0.2, -0.15) is 0 Å². The molecule has 1 saturated heterocycles. The number of ketones is 1. The van der Waals surface area contributed by atoms with E-state index >= 15 is 0 Å². The summed E-state index contributed by atoms with van der Waals surface area (Å²) in [6.45, 7) is 11.6. The molecule has 41 heavy (non-hydrogen) atoms. The first-order chi connectivity index (χ1) is 19.8. The molecule has 1 fully saturated rings. The number of ether oxygens (including phenoxy) is 3. The third-order valence-corrected chi connectivity index (χ3v) is 7.23. The van der Waals surface area contributed by atoms with Crippen molar-refractivity contribution in [1.82, 2.24) is 4.98 Å². The van der Waals surface area contributed by atoms with E-state index < -0.39 is 23.7 Å². The molecule has 1 N–H and O–H groups in total. The van der Waals surface area contributed by atoms with Crippen LogP contribution in [0.15, 0.2) is 79.4 Å². The molecule has 1 aromatic heterocycles. The molecule has 1 unspecified atom stereocenters. The van der Waals surface area contributed by atoms with Gasteiger partial charge in [0.2, 0.25) is 0 Å². The fourth-order valence-electron chi connectivity index (χ4n) is 4.23. The van der Waals surface area contributed by atoms with Crippen LogP contribution < -0.4 is 14.4 Å². The van der Waals surface area contributed by atoms with E-state index in [0.29, 0.717) is 41.5 Å². The normalized spacial score (nSPS) is 16.0. The summed E-state index contributed by atoms with van der Waals surface area (Å²) in [5.74, 6) is -1.67. The Morgan fingerprint density at radius 1 is 1.07 bits per heavy atom. The average molecular weight is 575 g/mol. The zero-order valence-corrected chi connectivity index (χ0v) is 23.6. The quantitative estimate of drug-likeness (QED) is 0.0953. The van der Waals surface area contributed by atoms with Crippen LogP contribution in [0.2, 0.25) is 0 Å². The molecular formula is C31H30N2O7S. The lowest BCUT2D eigenvalue weighted by Crippen LogP contribution is -2.29. The van der Waals surface area contributed by atoms with Crippen molar-refractivity contribution in [3.05, 3.63) is 101 Å². The van der Waals surface area contributed by atoms with Crippen molar-refractivity contribution < 1.29 is 33.7 Å². The van der Waals surface area contributed by atoms with Gasteiger partial charge in [0.1, 0.15) is 35.3 Å². The van der Waals surface area contributed by atoms with E-state index in [1.165, 1.54) is 11.0 Å². The number of esters is 1. The van der Waals surface area contributed by atoms with Crippen molar-refractivity contribution in [1.29, 1.82) is 0 Å². The molecule has 1 atom stereocenters. The van der Waals surface area contributed by atoms with Crippen LogP contribution in [0.5, 0.6) is 11.5 Å². The monoisotopic (exact) mass is 574 g/mol. The number of Topliss-reactive ketones (excluding diaryl/α,β-unsaturated/α-hetero) is 1. The van der Waals surface area contributed by atoms with Gasteiger partial charge >= 0.3 is 11.9 Å². The van der Waals surface area contributed by atoms with Crippen molar-refractivity contribution in [2.75, 3.05) is 24.7 Å². The Labute approximate surface area is 242 Å². The van der Waals surface area contributed by atoms with E-state index in [-0.39, 0.29) is 27.9 Å². The number of rotatable bonds is 12. The van der Waals surface area contributed by atoms with Gasteiger partial charge in [0.05, 0.1) is 23.9 Å². The number of hydrogen-bond donors (Lipinski definition) is 1. The summed E-state index contributed by atoms with van der Waals surface area (Å²) >= 11 is 0.928. The molecule has 1 amide bonds. The van der Waals surface area contributed by atoms with Crippen molar-refractivity contribution in [2.45, 2.75) is 26.3 Å². The lowest BCUT2D eigenvalue weighted by atomic mass is 9.95. The van der Waals surface area contributed by atoms with Crippen molar-refractivity contribution in [3.63, 3.8) is 0 Å². The average Bonchev–Trinajstić information content (AvgIpc) is 3.49. The number of benzene rings is 2. The first-order valence-electron chi connectivity index (χ1n) is 12.9. The molecule has 0 spiro atoms. The van der Waals surface area contributed by atoms with Crippen LogP contribution in [0.1, 0.15) is 45.9 Å². The minimum Gasteiger partial charge on any atom is -0.507 e. The van der Waals surface area contributed by atoms with Crippen LogP contribution in [-0.2, 0) is 14.3 Å². The Bertz CT molecular complexity index is 1510. The number of amides is 1. The standard InChI is InChI=1S/C31H30N2O7S/c1-5-15-38-22-13-11-20(12-14-22)25-24(26(34)21-9-8-10-23(18-21)39-16-6-2)27(35)29(36)33(25)31-32-19(4)28(41-31)30(37)40-17-7-3/h5,7-14,18,25,34H,1,3,6,15-17H2,2,4H3. The second-order valence-electron chi connectivity index (χ2n) is 9.01. The maximum atomic E-state index is 13.5. The fraction of sp³-hybridized carbons (Fsp3) is 0.226. The third kappa shape index (κ3) is 6.22. The number of anilines is 1. The van der Waals surface area contributed by atoms with Crippen molar-refractivity contribution in [2.24, 2.45) is 0 Å². The summed E-state index contributed by atoms with van der Waals surface area (Å²) in [5.41, 5.74) is 1.06. The van der Waals surface area contributed by atoms with Gasteiger partial charge in [0, 0.05) is 5.56 Å². The van der Waals surface area contributed by atoms with Crippen molar-refractivity contribution in [3.8, 4) is 11.5 Å². The highest BCUT2D eigenvalue weighted by Crippen LogP contribution is 2.44. The Hall–Kier alpha value is -4.70. The van der Waals surface area contributed by atoms with Crippen LogP contribution in [0.3, 0.4) is 0 Å². The van der Waals surface area contributed by atoms with Crippen molar-refractivity contribution >= 4 is 39.9 Å². The van der Waals surface area contributed by atoms with Gasteiger partial charge < -0.3 is 19.3 Å². The van der Waals surface area contributed by atoms with E-state index in [4.69, 9.17) is 14.2 Å². The molecule has 4 rings (SSSR count). The molecule has 3 aromatic rings. The zero-order valence-electron chi connectivity index (χ0n) is 22.8. The van der Waals surface area contributed by atoms with E-state index in [1.54, 1.807) is 61.5 Å². The van der Waals surface area contributed by atoms with Crippen LogP contribution in [0.4, 0.5) is 5.13 Å². The summed E-state index contributed by atoms with van der Waals surface area (Å²) < 4.78 is 16.4.